The number of hydrogen-bond donors (Lipinski definition) is 1. The maximum atomic E-state index is 11.6. The average Bonchev–Trinajstić information content (AvgIpc) is 2.24. The molecule has 0 aliphatic heterocycles. The molecule has 3 heteroatoms. The Labute approximate surface area is 103 Å². The summed E-state index contributed by atoms with van der Waals surface area (Å²) in [6.45, 7) is 5.79. The summed E-state index contributed by atoms with van der Waals surface area (Å²) in [7, 11) is 0. The van der Waals surface area contributed by atoms with Crippen LogP contribution in [0.25, 0.3) is 0 Å². The number of benzene rings is 1. The normalized spacial score (nSPS) is 12.5. The van der Waals surface area contributed by atoms with E-state index in [0.29, 0.717) is 6.42 Å². The van der Waals surface area contributed by atoms with Crippen LogP contribution in [0.15, 0.2) is 24.3 Å². The van der Waals surface area contributed by atoms with E-state index < -0.39 is 0 Å². The van der Waals surface area contributed by atoms with Crippen LogP contribution in [-0.2, 0) is 9.53 Å². The molecule has 1 rings (SSSR count). The first-order valence-electron chi connectivity index (χ1n) is 6.07. The lowest BCUT2D eigenvalue weighted by Gasteiger charge is -2.16. The second-order valence-corrected chi connectivity index (χ2v) is 4.52. The molecule has 1 atom stereocenters. The van der Waals surface area contributed by atoms with E-state index in [1.165, 1.54) is 0 Å². The number of carbonyl (C=O) groups excluding carboxylic acids is 1. The van der Waals surface area contributed by atoms with E-state index in [1.807, 2.05) is 38.1 Å². The first kappa shape index (κ1) is 13.6. The van der Waals surface area contributed by atoms with E-state index in [0.717, 1.165) is 17.7 Å². The standard InChI is InChI=1S/C14H21NO2/c1-4-11(9-14(16)17-10(2)3)12-6-5-7-13(15)8-12/h5-8,10-11H,4,9,15H2,1-3H3. The monoisotopic (exact) mass is 235 g/mol. The zero-order chi connectivity index (χ0) is 12.8. The number of rotatable bonds is 5. The number of ether oxygens (including phenoxy) is 1. The quantitative estimate of drug-likeness (QED) is 0.630. The molecular weight excluding hydrogens is 214 g/mol. The van der Waals surface area contributed by atoms with Crippen LogP contribution in [0.2, 0.25) is 0 Å². The fourth-order valence-corrected chi connectivity index (χ4v) is 1.82. The summed E-state index contributed by atoms with van der Waals surface area (Å²) in [5, 5.41) is 0. The Balaban J connectivity index is 2.69. The van der Waals surface area contributed by atoms with Gasteiger partial charge in [-0.15, -0.1) is 0 Å². The lowest BCUT2D eigenvalue weighted by Crippen LogP contribution is -2.14. The van der Waals surface area contributed by atoms with Crippen LogP contribution in [0.5, 0.6) is 0 Å². The van der Waals surface area contributed by atoms with Crippen LogP contribution in [0, 0.1) is 0 Å². The third-order valence-electron chi connectivity index (χ3n) is 2.66. The van der Waals surface area contributed by atoms with E-state index in [9.17, 15) is 4.79 Å². The number of nitrogens with two attached hydrogens (primary N) is 1. The van der Waals surface area contributed by atoms with E-state index in [-0.39, 0.29) is 18.0 Å². The number of carbonyl (C=O) groups is 1. The van der Waals surface area contributed by atoms with Gasteiger partial charge in [-0.3, -0.25) is 4.79 Å². The summed E-state index contributed by atoms with van der Waals surface area (Å²) >= 11 is 0. The van der Waals surface area contributed by atoms with Gasteiger partial charge in [-0.2, -0.15) is 0 Å². The molecular formula is C14H21NO2. The Hall–Kier alpha value is -1.51. The zero-order valence-corrected chi connectivity index (χ0v) is 10.8. The van der Waals surface area contributed by atoms with Crippen LogP contribution in [0.3, 0.4) is 0 Å². The SMILES string of the molecule is CCC(CC(=O)OC(C)C)c1cccc(N)c1. The molecule has 0 amide bonds. The number of hydrogen-bond acceptors (Lipinski definition) is 3. The number of nitrogen functional groups attached to an aromatic ring is 1. The van der Waals surface area contributed by atoms with Gasteiger partial charge in [0, 0.05) is 5.69 Å². The van der Waals surface area contributed by atoms with Gasteiger partial charge in [0.15, 0.2) is 0 Å². The van der Waals surface area contributed by atoms with Crippen molar-refractivity contribution in [2.75, 3.05) is 5.73 Å². The van der Waals surface area contributed by atoms with Gasteiger partial charge < -0.3 is 10.5 Å². The van der Waals surface area contributed by atoms with Crippen molar-refractivity contribution in [3.8, 4) is 0 Å². The van der Waals surface area contributed by atoms with E-state index in [4.69, 9.17) is 10.5 Å². The number of anilines is 1. The Kier molecular flexibility index (Phi) is 5.01. The van der Waals surface area contributed by atoms with Crippen LogP contribution < -0.4 is 5.73 Å². The maximum absolute atomic E-state index is 11.6. The fourth-order valence-electron chi connectivity index (χ4n) is 1.82. The first-order chi connectivity index (χ1) is 8.02. The largest absolute Gasteiger partial charge is 0.463 e. The average molecular weight is 235 g/mol. The highest BCUT2D eigenvalue weighted by atomic mass is 16.5. The van der Waals surface area contributed by atoms with Crippen LogP contribution in [-0.4, -0.2) is 12.1 Å². The molecule has 94 valence electrons. The van der Waals surface area contributed by atoms with Gasteiger partial charge in [0.2, 0.25) is 0 Å². The Morgan fingerprint density at radius 2 is 2.12 bits per heavy atom. The third kappa shape index (κ3) is 4.47. The molecule has 0 aromatic heterocycles. The van der Waals surface area contributed by atoms with Gasteiger partial charge in [0.25, 0.3) is 0 Å². The number of esters is 1. The Morgan fingerprint density at radius 3 is 2.65 bits per heavy atom. The Morgan fingerprint density at radius 1 is 1.41 bits per heavy atom. The smallest absolute Gasteiger partial charge is 0.306 e. The lowest BCUT2D eigenvalue weighted by atomic mass is 9.93. The van der Waals surface area contributed by atoms with E-state index >= 15 is 0 Å². The lowest BCUT2D eigenvalue weighted by molar-refractivity contribution is -0.147. The molecule has 0 saturated carbocycles. The molecule has 0 heterocycles. The predicted molar refractivity (Wildman–Crippen MR) is 69.7 cm³/mol. The predicted octanol–water partition coefficient (Wildman–Crippen LogP) is 3.10. The second-order valence-electron chi connectivity index (χ2n) is 4.52. The van der Waals surface area contributed by atoms with Crippen molar-refractivity contribution in [1.82, 2.24) is 0 Å². The first-order valence-corrected chi connectivity index (χ1v) is 6.07. The van der Waals surface area contributed by atoms with Gasteiger partial charge in [0.05, 0.1) is 12.5 Å². The highest BCUT2D eigenvalue weighted by molar-refractivity contribution is 5.70. The Bertz CT molecular complexity index is 374. The van der Waals surface area contributed by atoms with Gasteiger partial charge in [-0.05, 0) is 43.9 Å². The molecule has 0 aliphatic carbocycles. The molecule has 3 nitrogen and oxygen atoms in total. The topological polar surface area (TPSA) is 52.3 Å². The molecule has 1 aromatic rings. The molecule has 0 saturated heterocycles. The molecule has 0 fully saturated rings. The van der Waals surface area contributed by atoms with Crippen LogP contribution in [0.1, 0.15) is 45.1 Å². The van der Waals surface area contributed by atoms with E-state index in [2.05, 4.69) is 6.92 Å². The maximum Gasteiger partial charge on any atom is 0.306 e. The van der Waals surface area contributed by atoms with Crippen molar-refractivity contribution < 1.29 is 9.53 Å². The highest BCUT2D eigenvalue weighted by Crippen LogP contribution is 2.25. The molecule has 0 bridgehead atoms. The molecule has 17 heavy (non-hydrogen) atoms. The highest BCUT2D eigenvalue weighted by Gasteiger charge is 2.16. The summed E-state index contributed by atoms with van der Waals surface area (Å²) in [5.41, 5.74) is 7.59. The van der Waals surface area contributed by atoms with Crippen molar-refractivity contribution in [1.29, 1.82) is 0 Å². The molecule has 1 aromatic carbocycles. The molecule has 1 unspecified atom stereocenters. The second kappa shape index (κ2) is 6.28. The van der Waals surface area contributed by atoms with Crippen molar-refractivity contribution in [2.45, 2.75) is 45.6 Å². The molecule has 0 spiro atoms. The minimum absolute atomic E-state index is 0.0548. The summed E-state index contributed by atoms with van der Waals surface area (Å²) in [4.78, 5) is 11.6. The minimum atomic E-state index is -0.144. The molecule has 0 aliphatic rings. The summed E-state index contributed by atoms with van der Waals surface area (Å²) < 4.78 is 5.16. The van der Waals surface area contributed by atoms with Crippen LogP contribution in [0.4, 0.5) is 5.69 Å². The fraction of sp³-hybridized carbons (Fsp3) is 0.500. The van der Waals surface area contributed by atoms with Crippen LogP contribution >= 0.6 is 0 Å². The van der Waals surface area contributed by atoms with Gasteiger partial charge in [0.1, 0.15) is 0 Å². The van der Waals surface area contributed by atoms with Crippen molar-refractivity contribution in [3.05, 3.63) is 29.8 Å². The molecule has 2 N–H and O–H groups in total. The van der Waals surface area contributed by atoms with Crippen molar-refractivity contribution in [3.63, 3.8) is 0 Å². The summed E-state index contributed by atoms with van der Waals surface area (Å²) in [6.07, 6.45) is 1.26. The molecule has 0 radical (unpaired) electrons. The van der Waals surface area contributed by atoms with E-state index in [1.54, 1.807) is 0 Å². The summed E-state index contributed by atoms with van der Waals surface area (Å²) in [5.74, 6) is 0.0408. The summed E-state index contributed by atoms with van der Waals surface area (Å²) in [6, 6.07) is 7.70. The minimum Gasteiger partial charge on any atom is -0.463 e. The third-order valence-corrected chi connectivity index (χ3v) is 2.66. The van der Waals surface area contributed by atoms with Gasteiger partial charge in [-0.25, -0.2) is 0 Å². The van der Waals surface area contributed by atoms with Gasteiger partial charge >= 0.3 is 5.97 Å². The van der Waals surface area contributed by atoms with Crippen molar-refractivity contribution >= 4 is 11.7 Å². The van der Waals surface area contributed by atoms with Crippen molar-refractivity contribution in [2.24, 2.45) is 0 Å². The van der Waals surface area contributed by atoms with Gasteiger partial charge in [-0.1, -0.05) is 19.1 Å². The zero-order valence-electron chi connectivity index (χ0n) is 10.8.